The number of hydrogen-bond acceptors (Lipinski definition) is 6. The van der Waals surface area contributed by atoms with Gasteiger partial charge in [-0.25, -0.2) is 0 Å². The van der Waals surface area contributed by atoms with E-state index in [4.69, 9.17) is 32.5 Å². The van der Waals surface area contributed by atoms with Crippen molar-refractivity contribution in [3.8, 4) is 0 Å². The molecule has 33 heavy (non-hydrogen) atoms. The van der Waals surface area contributed by atoms with Crippen LogP contribution < -0.4 is 16.2 Å². The van der Waals surface area contributed by atoms with Gasteiger partial charge in [0.05, 0.1) is 13.2 Å². The molecule has 0 aromatic heterocycles. The van der Waals surface area contributed by atoms with Gasteiger partial charge < -0.3 is 29.7 Å². The first-order valence-electron chi connectivity index (χ1n) is 10.0. The van der Waals surface area contributed by atoms with E-state index in [0.717, 1.165) is 15.9 Å². The summed E-state index contributed by atoms with van der Waals surface area (Å²) < 4.78 is 10.5. The van der Waals surface area contributed by atoms with Gasteiger partial charge in [-0.15, -0.1) is 0 Å². The summed E-state index contributed by atoms with van der Waals surface area (Å²) in [4.78, 5) is 38.0. The zero-order chi connectivity index (χ0) is 23.7. The summed E-state index contributed by atoms with van der Waals surface area (Å²) in [5.41, 5.74) is 3.11. The van der Waals surface area contributed by atoms with E-state index in [0.29, 0.717) is 35.7 Å². The van der Waals surface area contributed by atoms with E-state index in [2.05, 4.69) is 5.32 Å². The van der Waals surface area contributed by atoms with Crippen LogP contribution in [0.15, 0.2) is 24.3 Å². The van der Waals surface area contributed by atoms with Crippen molar-refractivity contribution in [2.75, 3.05) is 19.6 Å². The van der Waals surface area contributed by atoms with E-state index < -0.39 is 31.4 Å². The number of hydrogen-bond donors (Lipinski definition) is 3. The number of nitrogens with one attached hydrogen (secondary N) is 1. The van der Waals surface area contributed by atoms with Gasteiger partial charge in [-0.05, 0) is 40.3 Å². The fraction of sp³-hybridized carbons (Fsp3) is 0.250. The number of carboxylic acid groups (broad SMARTS) is 1. The van der Waals surface area contributed by atoms with Gasteiger partial charge in [0.1, 0.15) is 6.54 Å². The Labute approximate surface area is 200 Å². The number of rotatable bonds is 7. The van der Waals surface area contributed by atoms with Crippen LogP contribution in [-0.4, -0.2) is 67.0 Å². The van der Waals surface area contributed by atoms with E-state index in [1.165, 1.54) is 12.1 Å². The normalized spacial score (nSPS) is 13.8. The summed E-state index contributed by atoms with van der Waals surface area (Å²) in [6.45, 7) is -0.115. The molecule has 2 aliphatic heterocycles. The van der Waals surface area contributed by atoms with Crippen molar-refractivity contribution in [2.45, 2.75) is 13.2 Å². The molecule has 0 radical (unpaired) electrons. The second-order valence-corrected chi connectivity index (χ2v) is 8.47. The Hall–Kier alpha value is -2.56. The molecule has 3 N–H and O–H groups in total. The molecule has 2 amide bonds. The number of carbonyl (C=O) groups excluding carboxylic acids is 2. The highest BCUT2D eigenvalue weighted by Gasteiger charge is 2.31. The van der Waals surface area contributed by atoms with Gasteiger partial charge in [0.2, 0.25) is 0 Å². The Morgan fingerprint density at radius 2 is 1.82 bits per heavy atom. The number of halogens is 2. The van der Waals surface area contributed by atoms with E-state index in [1.54, 1.807) is 12.1 Å². The lowest BCUT2D eigenvalue weighted by Gasteiger charge is -2.21. The van der Waals surface area contributed by atoms with Gasteiger partial charge in [0.25, 0.3) is 11.8 Å². The lowest BCUT2D eigenvalue weighted by Crippen LogP contribution is -2.42. The zero-order valence-corrected chi connectivity index (χ0v) is 18.8. The molecule has 2 aromatic rings. The van der Waals surface area contributed by atoms with Crippen LogP contribution in [0.5, 0.6) is 0 Å². The van der Waals surface area contributed by atoms with Gasteiger partial charge in [0.15, 0.2) is 0 Å². The number of aliphatic carboxylic acids is 1. The van der Waals surface area contributed by atoms with Gasteiger partial charge in [-0.3, -0.25) is 14.4 Å². The number of fused-ring (bicyclic) bond motifs is 2. The molecular weight excluding hydrogens is 473 g/mol. The van der Waals surface area contributed by atoms with Crippen molar-refractivity contribution in [3.63, 3.8) is 0 Å². The van der Waals surface area contributed by atoms with Crippen LogP contribution in [0.25, 0.3) is 0 Å². The number of benzene rings is 2. The molecule has 2 heterocycles. The van der Waals surface area contributed by atoms with E-state index in [-0.39, 0.29) is 30.3 Å². The van der Waals surface area contributed by atoms with E-state index in [9.17, 15) is 24.5 Å². The van der Waals surface area contributed by atoms with Gasteiger partial charge in [-0.2, -0.15) is 0 Å². The van der Waals surface area contributed by atoms with Crippen LogP contribution in [0.4, 0.5) is 0 Å². The third-order valence-corrected chi connectivity index (χ3v) is 6.14. The summed E-state index contributed by atoms with van der Waals surface area (Å²) >= 11 is 12.4. The highest BCUT2D eigenvalue weighted by Crippen LogP contribution is 2.23. The average Bonchev–Trinajstić information content (AvgIpc) is 3.39. The molecule has 0 aliphatic carbocycles. The van der Waals surface area contributed by atoms with Crippen LogP contribution >= 0.6 is 23.2 Å². The Morgan fingerprint density at radius 1 is 1.09 bits per heavy atom. The standard InChI is InChI=1S/C20H18B2Cl2N2O7/c23-16-5-10(3-14-12(16)8-32-21-14)19(29)25-1-2-26(7-18(27)28)20(30)11-4-15-13(17(24)6-11)9-33-22(15)31/h3-6,21,31H,1-2,7-9H2,(H,25,29)(H,27,28). The molecule has 0 saturated heterocycles. The zero-order valence-electron chi connectivity index (χ0n) is 17.3. The average molecular weight is 491 g/mol. The topological polar surface area (TPSA) is 125 Å². The Kier molecular flexibility index (Phi) is 6.96. The molecule has 2 aromatic carbocycles. The molecule has 4 rings (SSSR count). The minimum atomic E-state index is -1.21. The second-order valence-electron chi connectivity index (χ2n) is 7.65. The van der Waals surface area contributed by atoms with Gasteiger partial charge in [-0.1, -0.05) is 29.3 Å². The lowest BCUT2D eigenvalue weighted by molar-refractivity contribution is -0.137. The highest BCUT2D eigenvalue weighted by molar-refractivity contribution is 6.62. The first kappa shape index (κ1) is 23.6. The van der Waals surface area contributed by atoms with Crippen molar-refractivity contribution >= 4 is 66.5 Å². The number of nitrogens with zero attached hydrogens (tertiary/aromatic N) is 1. The number of carbonyl (C=O) groups is 3. The maximum absolute atomic E-state index is 13.0. The van der Waals surface area contributed by atoms with E-state index >= 15 is 0 Å². The molecular formula is C20H18B2Cl2N2O7. The molecule has 0 bridgehead atoms. The number of amides is 2. The van der Waals surface area contributed by atoms with Crippen LogP contribution in [0.1, 0.15) is 31.8 Å². The van der Waals surface area contributed by atoms with Crippen molar-refractivity contribution < 1.29 is 33.8 Å². The molecule has 0 spiro atoms. The highest BCUT2D eigenvalue weighted by atomic mass is 35.5. The van der Waals surface area contributed by atoms with Crippen molar-refractivity contribution in [2.24, 2.45) is 0 Å². The summed E-state index contributed by atoms with van der Waals surface area (Å²) in [5.74, 6) is -2.22. The fourth-order valence-electron chi connectivity index (χ4n) is 3.79. The van der Waals surface area contributed by atoms with Crippen molar-refractivity contribution in [1.82, 2.24) is 10.2 Å². The van der Waals surface area contributed by atoms with Crippen LogP contribution in [-0.2, 0) is 27.3 Å². The lowest BCUT2D eigenvalue weighted by atomic mass is 9.78. The van der Waals surface area contributed by atoms with Crippen molar-refractivity contribution in [1.29, 1.82) is 0 Å². The monoisotopic (exact) mass is 490 g/mol. The number of carboxylic acids is 1. The molecule has 0 fully saturated rings. The Balaban J connectivity index is 1.44. The molecule has 0 unspecified atom stereocenters. The van der Waals surface area contributed by atoms with Crippen LogP contribution in [0.2, 0.25) is 10.0 Å². The van der Waals surface area contributed by atoms with Gasteiger partial charge >= 0.3 is 20.6 Å². The maximum atomic E-state index is 13.0. The summed E-state index contributed by atoms with van der Waals surface area (Å²) in [6.07, 6.45) is 0. The van der Waals surface area contributed by atoms with E-state index in [1.807, 2.05) is 0 Å². The summed E-state index contributed by atoms with van der Waals surface area (Å²) in [5, 5.41) is 22.5. The Bertz CT molecular complexity index is 1150. The van der Waals surface area contributed by atoms with Crippen molar-refractivity contribution in [3.05, 3.63) is 56.6 Å². The second kappa shape index (κ2) is 9.74. The summed E-state index contributed by atoms with van der Waals surface area (Å²) in [7, 11) is -0.831. The van der Waals surface area contributed by atoms with Gasteiger partial charge in [0, 0.05) is 34.3 Å². The third-order valence-electron chi connectivity index (χ3n) is 5.46. The molecule has 9 nitrogen and oxygen atoms in total. The minimum absolute atomic E-state index is 0.00741. The molecule has 170 valence electrons. The fourth-order valence-corrected chi connectivity index (χ4v) is 4.36. The quantitative estimate of drug-likeness (QED) is 0.454. The minimum Gasteiger partial charge on any atom is -0.480 e. The molecule has 0 saturated carbocycles. The first-order chi connectivity index (χ1) is 15.7. The SMILES string of the molecule is O=C(O)CN(CCNC(=O)c1cc(Cl)c2c(c1)BOC2)C(=O)c1cc(Cl)c2c(c1)B(O)OC2. The first-order valence-corrected chi connectivity index (χ1v) is 10.8. The molecule has 13 heteroatoms. The Morgan fingerprint density at radius 3 is 2.58 bits per heavy atom. The predicted octanol–water partition coefficient (Wildman–Crippen LogP) is -0.325. The summed E-state index contributed by atoms with van der Waals surface area (Å²) in [6, 6.07) is 6.09. The van der Waals surface area contributed by atoms with Crippen LogP contribution in [0, 0.1) is 0 Å². The molecule has 0 atom stereocenters. The third kappa shape index (κ3) is 5.02. The predicted molar refractivity (Wildman–Crippen MR) is 123 cm³/mol. The molecule has 2 aliphatic rings. The largest absolute Gasteiger partial charge is 0.491 e. The van der Waals surface area contributed by atoms with Crippen LogP contribution in [0.3, 0.4) is 0 Å². The smallest absolute Gasteiger partial charge is 0.480 e. The maximum Gasteiger partial charge on any atom is 0.491 e.